The van der Waals surface area contributed by atoms with Gasteiger partial charge in [0.25, 0.3) is 0 Å². The van der Waals surface area contributed by atoms with Crippen LogP contribution < -0.4 is 0 Å². The molecule has 1 aromatic heterocycles. The minimum absolute atomic E-state index is 0.0506. The topological polar surface area (TPSA) is 50.2 Å². The van der Waals surface area contributed by atoms with Crippen LogP contribution >= 0.6 is 11.6 Å². The summed E-state index contributed by atoms with van der Waals surface area (Å²) in [7, 11) is 0. The fourth-order valence-electron chi connectivity index (χ4n) is 1.62. The number of carbonyl (C=O) groups excluding carboxylic acids is 1. The largest absolute Gasteiger partial charge is 0.396 e. The van der Waals surface area contributed by atoms with Gasteiger partial charge in [0.15, 0.2) is 5.78 Å². The number of carbonyl (C=O) groups is 1. The number of aliphatic hydroxyl groups is 1. The van der Waals surface area contributed by atoms with Gasteiger partial charge in [0.1, 0.15) is 10.8 Å². The van der Waals surface area contributed by atoms with Crippen LogP contribution in [0.25, 0.3) is 0 Å². The zero-order chi connectivity index (χ0) is 12.5. The van der Waals surface area contributed by atoms with Crippen LogP contribution in [0.15, 0.2) is 18.2 Å². The number of halogens is 1. The highest BCUT2D eigenvalue weighted by Gasteiger charge is 2.07. The molecule has 17 heavy (non-hydrogen) atoms. The Balaban J connectivity index is 2.21. The van der Waals surface area contributed by atoms with Crippen molar-refractivity contribution in [2.75, 3.05) is 6.61 Å². The van der Waals surface area contributed by atoms with Gasteiger partial charge < -0.3 is 5.11 Å². The summed E-state index contributed by atoms with van der Waals surface area (Å²) in [6.45, 7) is 0.255. The molecule has 0 fully saturated rings. The predicted molar refractivity (Wildman–Crippen MR) is 68.4 cm³/mol. The summed E-state index contributed by atoms with van der Waals surface area (Å²) in [6, 6.07) is 5.09. The molecule has 1 heterocycles. The second kappa shape index (κ2) is 8.20. The maximum Gasteiger partial charge on any atom is 0.181 e. The zero-order valence-electron chi connectivity index (χ0n) is 9.86. The zero-order valence-corrected chi connectivity index (χ0v) is 10.6. The molecule has 0 aliphatic rings. The maximum absolute atomic E-state index is 11.7. The minimum atomic E-state index is 0.0506. The fraction of sp³-hybridized carbons (Fsp3) is 0.538. The van der Waals surface area contributed by atoms with Crippen LogP contribution in [0, 0.1) is 0 Å². The Morgan fingerprint density at radius 1 is 1.18 bits per heavy atom. The van der Waals surface area contributed by atoms with Crippen LogP contribution in [-0.2, 0) is 0 Å². The van der Waals surface area contributed by atoms with Crippen LogP contribution in [-0.4, -0.2) is 22.5 Å². The molecule has 0 saturated carbocycles. The highest BCUT2D eigenvalue weighted by molar-refractivity contribution is 6.29. The molecule has 3 nitrogen and oxygen atoms in total. The van der Waals surface area contributed by atoms with E-state index in [0.717, 1.165) is 32.1 Å². The van der Waals surface area contributed by atoms with E-state index < -0.39 is 0 Å². The Morgan fingerprint density at radius 3 is 2.59 bits per heavy atom. The van der Waals surface area contributed by atoms with E-state index in [2.05, 4.69) is 4.98 Å². The van der Waals surface area contributed by atoms with Crippen molar-refractivity contribution in [3.05, 3.63) is 29.0 Å². The summed E-state index contributed by atoms with van der Waals surface area (Å²) in [6.07, 6.45) is 5.36. The second-order valence-electron chi connectivity index (χ2n) is 4.01. The Bertz CT molecular complexity index is 355. The molecule has 0 saturated heterocycles. The van der Waals surface area contributed by atoms with Crippen molar-refractivity contribution in [2.45, 2.75) is 38.5 Å². The van der Waals surface area contributed by atoms with E-state index in [-0.39, 0.29) is 12.4 Å². The summed E-state index contributed by atoms with van der Waals surface area (Å²) < 4.78 is 0. The lowest BCUT2D eigenvalue weighted by molar-refractivity contribution is 0.0974. The average molecular weight is 256 g/mol. The number of nitrogens with zero attached hydrogens (tertiary/aromatic N) is 1. The molecule has 0 aliphatic carbocycles. The van der Waals surface area contributed by atoms with E-state index in [9.17, 15) is 4.79 Å². The molecule has 1 aromatic rings. The lowest BCUT2D eigenvalue weighted by atomic mass is 10.1. The van der Waals surface area contributed by atoms with Gasteiger partial charge in [0, 0.05) is 13.0 Å². The van der Waals surface area contributed by atoms with Gasteiger partial charge in [-0.2, -0.15) is 0 Å². The summed E-state index contributed by atoms with van der Waals surface area (Å²) in [5.41, 5.74) is 0.452. The number of aromatic nitrogens is 1. The second-order valence-corrected chi connectivity index (χ2v) is 4.40. The Hall–Kier alpha value is -0.930. The van der Waals surface area contributed by atoms with Gasteiger partial charge in [-0.25, -0.2) is 4.98 Å². The highest BCUT2D eigenvalue weighted by Crippen LogP contribution is 2.11. The summed E-state index contributed by atoms with van der Waals surface area (Å²) in [5.74, 6) is 0.0506. The standard InChI is InChI=1S/C13H18ClNO2/c14-13-9-6-7-11(15-13)12(17)8-4-2-1-3-5-10-16/h6-7,9,16H,1-5,8,10H2. The van der Waals surface area contributed by atoms with Crippen molar-refractivity contribution in [2.24, 2.45) is 0 Å². The number of aliphatic hydroxyl groups excluding tert-OH is 1. The Kier molecular flexibility index (Phi) is 6.82. The molecule has 0 amide bonds. The molecular formula is C13H18ClNO2. The normalized spacial score (nSPS) is 10.5. The van der Waals surface area contributed by atoms with Gasteiger partial charge in [0.2, 0.25) is 0 Å². The number of ketones is 1. The van der Waals surface area contributed by atoms with Crippen LogP contribution in [0.3, 0.4) is 0 Å². The summed E-state index contributed by atoms with van der Waals surface area (Å²) >= 11 is 5.72. The van der Waals surface area contributed by atoms with Gasteiger partial charge in [-0.3, -0.25) is 4.79 Å². The molecular weight excluding hydrogens is 238 g/mol. The number of rotatable bonds is 8. The van der Waals surface area contributed by atoms with Crippen molar-refractivity contribution in [3.63, 3.8) is 0 Å². The smallest absolute Gasteiger partial charge is 0.181 e. The van der Waals surface area contributed by atoms with Crippen molar-refractivity contribution < 1.29 is 9.90 Å². The maximum atomic E-state index is 11.7. The third-order valence-corrected chi connectivity index (χ3v) is 2.77. The molecule has 0 aromatic carbocycles. The molecule has 0 bridgehead atoms. The molecule has 1 rings (SSSR count). The lowest BCUT2D eigenvalue weighted by Gasteiger charge is -2.01. The number of hydrogen-bond acceptors (Lipinski definition) is 3. The summed E-state index contributed by atoms with van der Waals surface area (Å²) in [4.78, 5) is 15.7. The lowest BCUT2D eigenvalue weighted by Crippen LogP contribution is -2.01. The quantitative estimate of drug-likeness (QED) is 0.441. The Labute approximate surface area is 107 Å². The van der Waals surface area contributed by atoms with E-state index in [1.165, 1.54) is 0 Å². The Morgan fingerprint density at radius 2 is 1.88 bits per heavy atom. The van der Waals surface area contributed by atoms with Gasteiger partial charge >= 0.3 is 0 Å². The molecule has 0 aliphatic heterocycles. The first-order chi connectivity index (χ1) is 8.24. The molecule has 4 heteroatoms. The van der Waals surface area contributed by atoms with Crippen molar-refractivity contribution >= 4 is 17.4 Å². The number of Topliss-reactive ketones (excluding diaryl/α,β-unsaturated/α-hetero) is 1. The van der Waals surface area contributed by atoms with Crippen molar-refractivity contribution in [3.8, 4) is 0 Å². The third kappa shape index (κ3) is 5.80. The van der Waals surface area contributed by atoms with E-state index in [1.54, 1.807) is 18.2 Å². The number of hydrogen-bond donors (Lipinski definition) is 1. The first-order valence-corrected chi connectivity index (χ1v) is 6.38. The summed E-state index contributed by atoms with van der Waals surface area (Å²) in [5, 5.41) is 8.97. The molecule has 1 N–H and O–H groups in total. The average Bonchev–Trinajstić information content (AvgIpc) is 2.33. The van der Waals surface area contributed by atoms with Gasteiger partial charge in [-0.15, -0.1) is 0 Å². The predicted octanol–water partition coefficient (Wildman–Crippen LogP) is 3.25. The van der Waals surface area contributed by atoms with E-state index in [1.807, 2.05) is 0 Å². The van der Waals surface area contributed by atoms with E-state index >= 15 is 0 Å². The SMILES string of the molecule is O=C(CCCCCCCO)c1cccc(Cl)n1. The van der Waals surface area contributed by atoms with E-state index in [4.69, 9.17) is 16.7 Å². The highest BCUT2D eigenvalue weighted by atomic mass is 35.5. The number of unbranched alkanes of at least 4 members (excludes halogenated alkanes) is 4. The van der Waals surface area contributed by atoms with Crippen molar-refractivity contribution in [1.29, 1.82) is 0 Å². The first-order valence-electron chi connectivity index (χ1n) is 6.00. The monoisotopic (exact) mass is 255 g/mol. The van der Waals surface area contributed by atoms with Gasteiger partial charge in [-0.05, 0) is 25.0 Å². The molecule has 0 atom stereocenters. The molecule has 0 spiro atoms. The van der Waals surface area contributed by atoms with Gasteiger partial charge in [0.05, 0.1) is 0 Å². The van der Waals surface area contributed by atoms with Crippen LogP contribution in [0.4, 0.5) is 0 Å². The van der Waals surface area contributed by atoms with E-state index in [0.29, 0.717) is 17.3 Å². The molecule has 94 valence electrons. The first kappa shape index (κ1) is 14.1. The molecule has 0 radical (unpaired) electrons. The number of pyridine rings is 1. The van der Waals surface area contributed by atoms with Gasteiger partial charge in [-0.1, -0.05) is 36.9 Å². The minimum Gasteiger partial charge on any atom is -0.396 e. The van der Waals surface area contributed by atoms with Crippen LogP contribution in [0.2, 0.25) is 5.15 Å². The van der Waals surface area contributed by atoms with Crippen LogP contribution in [0.5, 0.6) is 0 Å². The molecule has 0 unspecified atom stereocenters. The van der Waals surface area contributed by atoms with Crippen LogP contribution in [0.1, 0.15) is 49.0 Å². The fourth-order valence-corrected chi connectivity index (χ4v) is 1.78. The third-order valence-electron chi connectivity index (χ3n) is 2.56. The van der Waals surface area contributed by atoms with Crippen molar-refractivity contribution in [1.82, 2.24) is 4.98 Å².